The Labute approximate surface area is 108 Å². The minimum absolute atomic E-state index is 0.00600. The van der Waals surface area contributed by atoms with Crippen LogP contribution in [0.1, 0.15) is 10.4 Å². The van der Waals surface area contributed by atoms with Crippen molar-refractivity contribution in [3.05, 3.63) is 28.5 Å². The van der Waals surface area contributed by atoms with Gasteiger partial charge in [-0.1, -0.05) is 0 Å². The van der Waals surface area contributed by atoms with Crippen LogP contribution in [0.2, 0.25) is 0 Å². The number of hydrogen-bond donors (Lipinski definition) is 2. The van der Waals surface area contributed by atoms with Gasteiger partial charge in [-0.2, -0.15) is 0 Å². The van der Waals surface area contributed by atoms with Crippen LogP contribution in [0.25, 0.3) is 0 Å². The quantitative estimate of drug-likeness (QED) is 0.856. The Morgan fingerprint density at radius 1 is 1.59 bits per heavy atom. The maximum Gasteiger partial charge on any atom is 0.253 e. The monoisotopic (exact) mass is 299 g/mol. The molecule has 2 heterocycles. The zero-order valence-electron chi connectivity index (χ0n) is 9.44. The van der Waals surface area contributed by atoms with Gasteiger partial charge in [0.15, 0.2) is 0 Å². The fourth-order valence-electron chi connectivity index (χ4n) is 1.83. The van der Waals surface area contributed by atoms with Crippen LogP contribution in [0, 0.1) is 0 Å². The van der Waals surface area contributed by atoms with Crippen molar-refractivity contribution in [2.75, 3.05) is 20.2 Å². The number of rotatable bonds is 3. The van der Waals surface area contributed by atoms with Crippen molar-refractivity contribution in [1.82, 2.24) is 15.6 Å². The molecule has 0 aromatic carbocycles. The Morgan fingerprint density at radius 2 is 2.41 bits per heavy atom. The highest BCUT2D eigenvalue weighted by Crippen LogP contribution is 2.10. The molecule has 1 unspecified atom stereocenters. The number of methoxy groups -OCH3 is 1. The van der Waals surface area contributed by atoms with Gasteiger partial charge in [0.1, 0.15) is 0 Å². The molecule has 1 aliphatic rings. The standard InChI is InChI=1S/C11H14BrN3O2/c1-17-10-6-14-5-9(10)15-11(16)7-2-8(12)4-13-3-7/h2-4,9-10,14H,5-6H2,1H3,(H,15,16)/t9?,10-/m1/s1. The van der Waals surface area contributed by atoms with Gasteiger partial charge in [0.25, 0.3) is 5.91 Å². The van der Waals surface area contributed by atoms with Crippen LogP contribution in [-0.2, 0) is 4.74 Å². The van der Waals surface area contributed by atoms with E-state index in [2.05, 4.69) is 31.5 Å². The fourth-order valence-corrected chi connectivity index (χ4v) is 2.20. The van der Waals surface area contributed by atoms with E-state index >= 15 is 0 Å². The third kappa shape index (κ3) is 3.02. The molecule has 92 valence electrons. The van der Waals surface area contributed by atoms with Crippen LogP contribution in [0.3, 0.4) is 0 Å². The van der Waals surface area contributed by atoms with Gasteiger partial charge in [0.2, 0.25) is 0 Å². The molecule has 1 aromatic rings. The summed E-state index contributed by atoms with van der Waals surface area (Å²) < 4.78 is 6.07. The summed E-state index contributed by atoms with van der Waals surface area (Å²) in [5, 5.41) is 6.11. The van der Waals surface area contributed by atoms with Crippen molar-refractivity contribution < 1.29 is 9.53 Å². The van der Waals surface area contributed by atoms with Gasteiger partial charge < -0.3 is 15.4 Å². The van der Waals surface area contributed by atoms with Gasteiger partial charge in [-0.15, -0.1) is 0 Å². The minimum atomic E-state index is -0.130. The number of pyridine rings is 1. The molecule has 0 saturated carbocycles. The molecule has 2 rings (SSSR count). The average Bonchev–Trinajstić information content (AvgIpc) is 2.76. The number of halogens is 1. The Kier molecular flexibility index (Phi) is 4.09. The van der Waals surface area contributed by atoms with Crippen molar-refractivity contribution in [3.8, 4) is 0 Å². The molecule has 1 aliphatic heterocycles. The highest BCUT2D eigenvalue weighted by atomic mass is 79.9. The maximum atomic E-state index is 12.0. The Balaban J connectivity index is 2.01. The van der Waals surface area contributed by atoms with Crippen LogP contribution in [0.4, 0.5) is 0 Å². The lowest BCUT2D eigenvalue weighted by molar-refractivity contribution is 0.0779. The van der Waals surface area contributed by atoms with Crippen LogP contribution >= 0.6 is 15.9 Å². The highest BCUT2D eigenvalue weighted by molar-refractivity contribution is 9.10. The number of aromatic nitrogens is 1. The lowest BCUT2D eigenvalue weighted by atomic mass is 10.2. The minimum Gasteiger partial charge on any atom is -0.378 e. The lowest BCUT2D eigenvalue weighted by Gasteiger charge is -2.18. The van der Waals surface area contributed by atoms with Crippen molar-refractivity contribution >= 4 is 21.8 Å². The predicted molar refractivity (Wildman–Crippen MR) is 66.9 cm³/mol. The summed E-state index contributed by atoms with van der Waals surface area (Å²) in [5.41, 5.74) is 0.543. The van der Waals surface area contributed by atoms with E-state index in [0.29, 0.717) is 5.56 Å². The molecular formula is C11H14BrN3O2. The third-order valence-electron chi connectivity index (χ3n) is 2.74. The molecule has 0 radical (unpaired) electrons. The van der Waals surface area contributed by atoms with Gasteiger partial charge >= 0.3 is 0 Å². The molecule has 0 aliphatic carbocycles. The maximum absolute atomic E-state index is 12.0. The zero-order chi connectivity index (χ0) is 12.3. The Bertz CT molecular complexity index is 413. The van der Waals surface area contributed by atoms with E-state index in [9.17, 15) is 4.79 Å². The van der Waals surface area contributed by atoms with Crippen molar-refractivity contribution in [1.29, 1.82) is 0 Å². The van der Waals surface area contributed by atoms with Crippen molar-refractivity contribution in [3.63, 3.8) is 0 Å². The van der Waals surface area contributed by atoms with Gasteiger partial charge in [-0.05, 0) is 22.0 Å². The summed E-state index contributed by atoms with van der Waals surface area (Å²) in [7, 11) is 1.65. The topological polar surface area (TPSA) is 63.2 Å². The molecule has 1 aromatic heterocycles. The summed E-state index contributed by atoms with van der Waals surface area (Å²) in [6, 6.07) is 1.75. The molecule has 0 spiro atoms. The summed E-state index contributed by atoms with van der Waals surface area (Å²) in [6.45, 7) is 1.49. The predicted octanol–water partition coefficient (Wildman–Crippen LogP) is 0.561. The summed E-state index contributed by atoms with van der Waals surface area (Å²) >= 11 is 3.29. The van der Waals surface area contributed by atoms with Crippen LogP contribution in [0.15, 0.2) is 22.9 Å². The molecule has 17 heavy (non-hydrogen) atoms. The first kappa shape index (κ1) is 12.5. The SMILES string of the molecule is CO[C@@H]1CNCC1NC(=O)c1cncc(Br)c1. The van der Waals surface area contributed by atoms with E-state index in [-0.39, 0.29) is 18.1 Å². The van der Waals surface area contributed by atoms with E-state index < -0.39 is 0 Å². The molecule has 1 saturated heterocycles. The first-order valence-electron chi connectivity index (χ1n) is 5.35. The lowest BCUT2D eigenvalue weighted by Crippen LogP contribution is -2.43. The second-order valence-corrected chi connectivity index (χ2v) is 4.82. The molecule has 0 bridgehead atoms. The van der Waals surface area contributed by atoms with E-state index in [1.807, 2.05) is 0 Å². The molecular weight excluding hydrogens is 286 g/mol. The molecule has 1 fully saturated rings. The summed E-state index contributed by atoms with van der Waals surface area (Å²) in [4.78, 5) is 15.9. The second-order valence-electron chi connectivity index (χ2n) is 3.90. The van der Waals surface area contributed by atoms with Gasteiger partial charge in [-0.25, -0.2) is 0 Å². The van der Waals surface area contributed by atoms with Gasteiger partial charge in [-0.3, -0.25) is 9.78 Å². The third-order valence-corrected chi connectivity index (χ3v) is 3.18. The first-order chi connectivity index (χ1) is 8.20. The number of amides is 1. The van der Waals surface area contributed by atoms with E-state index in [0.717, 1.165) is 17.6 Å². The number of nitrogens with zero attached hydrogens (tertiary/aromatic N) is 1. The summed E-state index contributed by atoms with van der Waals surface area (Å²) in [5.74, 6) is -0.130. The van der Waals surface area contributed by atoms with Crippen molar-refractivity contribution in [2.24, 2.45) is 0 Å². The first-order valence-corrected chi connectivity index (χ1v) is 6.15. The molecule has 1 amide bonds. The Hall–Kier alpha value is -0.980. The Morgan fingerprint density at radius 3 is 3.12 bits per heavy atom. The largest absolute Gasteiger partial charge is 0.378 e. The number of carbonyl (C=O) groups excluding carboxylic acids is 1. The summed E-state index contributed by atoms with van der Waals surface area (Å²) in [6.07, 6.45) is 3.22. The number of carbonyl (C=O) groups is 1. The number of nitrogens with one attached hydrogen (secondary N) is 2. The second kappa shape index (κ2) is 5.57. The normalized spacial score (nSPS) is 23.6. The van der Waals surface area contributed by atoms with Gasteiger partial charge in [0, 0.05) is 37.1 Å². The van der Waals surface area contributed by atoms with E-state index in [1.165, 1.54) is 0 Å². The average molecular weight is 300 g/mol. The zero-order valence-corrected chi connectivity index (χ0v) is 11.0. The molecule has 2 atom stereocenters. The van der Waals surface area contributed by atoms with Crippen LogP contribution < -0.4 is 10.6 Å². The van der Waals surface area contributed by atoms with Gasteiger partial charge in [0.05, 0.1) is 17.7 Å². The van der Waals surface area contributed by atoms with Crippen LogP contribution in [0.5, 0.6) is 0 Å². The molecule has 5 nitrogen and oxygen atoms in total. The molecule has 6 heteroatoms. The highest BCUT2D eigenvalue weighted by Gasteiger charge is 2.28. The molecule has 2 N–H and O–H groups in total. The van der Waals surface area contributed by atoms with Crippen LogP contribution in [-0.4, -0.2) is 43.2 Å². The van der Waals surface area contributed by atoms with E-state index in [1.54, 1.807) is 25.6 Å². The van der Waals surface area contributed by atoms with E-state index in [4.69, 9.17) is 4.74 Å². The number of hydrogen-bond acceptors (Lipinski definition) is 4. The fraction of sp³-hybridized carbons (Fsp3) is 0.455. The van der Waals surface area contributed by atoms with Crippen molar-refractivity contribution in [2.45, 2.75) is 12.1 Å². The smallest absolute Gasteiger partial charge is 0.253 e. The number of ether oxygens (including phenoxy) is 1.